The largest absolute Gasteiger partial charge is 0.348 e. The van der Waals surface area contributed by atoms with Gasteiger partial charge in [-0.3, -0.25) is 9.79 Å². The molecule has 0 radical (unpaired) electrons. The lowest BCUT2D eigenvalue weighted by molar-refractivity contribution is 0.372. The van der Waals surface area contributed by atoms with Crippen molar-refractivity contribution < 1.29 is 0 Å². The van der Waals surface area contributed by atoms with Crippen LogP contribution in [-0.4, -0.2) is 60.2 Å². The molecule has 140 valence electrons. The Hall–Kier alpha value is -3.27. The number of nitrogens with one attached hydrogen (secondary N) is 1. The minimum Gasteiger partial charge on any atom is -0.348 e. The van der Waals surface area contributed by atoms with E-state index in [2.05, 4.69) is 32.0 Å². The fourth-order valence-corrected chi connectivity index (χ4v) is 2.95. The van der Waals surface area contributed by atoms with Crippen molar-refractivity contribution in [2.75, 3.05) is 44.7 Å². The summed E-state index contributed by atoms with van der Waals surface area (Å²) in [4.78, 5) is 25.0. The number of aromatic nitrogens is 2. The van der Waals surface area contributed by atoms with Gasteiger partial charge in [0.05, 0.1) is 6.54 Å². The Morgan fingerprint density at radius 2 is 1.96 bits per heavy atom. The van der Waals surface area contributed by atoms with Crippen molar-refractivity contribution >= 4 is 11.8 Å². The molecule has 1 aromatic carbocycles. The van der Waals surface area contributed by atoms with E-state index in [0.717, 1.165) is 37.7 Å². The summed E-state index contributed by atoms with van der Waals surface area (Å²) in [7, 11) is 3.51. The highest BCUT2D eigenvalue weighted by Gasteiger charge is 2.22. The lowest BCUT2D eigenvalue weighted by Gasteiger charge is -2.36. The second-order valence-electron chi connectivity index (χ2n) is 6.21. The Morgan fingerprint density at radius 3 is 2.67 bits per heavy atom. The number of rotatable bonds is 2. The monoisotopic (exact) mass is 364 g/mol. The molecule has 0 bridgehead atoms. The summed E-state index contributed by atoms with van der Waals surface area (Å²) in [5.74, 6) is 7.58. The Morgan fingerprint density at radius 1 is 1.22 bits per heavy atom. The van der Waals surface area contributed by atoms with E-state index < -0.39 is 0 Å². The Balaban J connectivity index is 1.54. The van der Waals surface area contributed by atoms with Crippen LogP contribution in [0.3, 0.4) is 0 Å². The summed E-state index contributed by atoms with van der Waals surface area (Å²) in [5, 5.41) is 3.29. The summed E-state index contributed by atoms with van der Waals surface area (Å²) in [6, 6.07) is 9.91. The molecule has 3 rings (SSSR count). The Bertz CT molecular complexity index is 901. The van der Waals surface area contributed by atoms with Gasteiger partial charge < -0.3 is 19.7 Å². The summed E-state index contributed by atoms with van der Waals surface area (Å²) < 4.78 is 1.56. The molecule has 0 unspecified atom stereocenters. The number of anilines is 1. The molecule has 1 fully saturated rings. The van der Waals surface area contributed by atoms with E-state index in [1.165, 1.54) is 0 Å². The molecule has 27 heavy (non-hydrogen) atoms. The molecule has 0 spiro atoms. The fraction of sp³-hybridized carbons (Fsp3) is 0.350. The van der Waals surface area contributed by atoms with E-state index >= 15 is 0 Å². The van der Waals surface area contributed by atoms with Crippen molar-refractivity contribution in [1.29, 1.82) is 0 Å². The van der Waals surface area contributed by atoms with Gasteiger partial charge in [0.1, 0.15) is 0 Å². The van der Waals surface area contributed by atoms with Gasteiger partial charge in [0, 0.05) is 58.2 Å². The molecule has 0 atom stereocenters. The third kappa shape index (κ3) is 4.67. The summed E-state index contributed by atoms with van der Waals surface area (Å²) >= 11 is 0. The lowest BCUT2D eigenvalue weighted by Crippen LogP contribution is -2.53. The fourth-order valence-electron chi connectivity index (χ4n) is 2.95. The van der Waals surface area contributed by atoms with Gasteiger partial charge in [0.2, 0.25) is 0 Å². The molecule has 1 aliphatic rings. The minimum atomic E-state index is -0.0651. The highest BCUT2D eigenvalue weighted by atomic mass is 16.1. The molecule has 1 aliphatic heterocycles. The van der Waals surface area contributed by atoms with Gasteiger partial charge in [-0.15, -0.1) is 0 Å². The molecule has 0 amide bonds. The highest BCUT2D eigenvalue weighted by Crippen LogP contribution is 2.08. The van der Waals surface area contributed by atoms with E-state index in [0.29, 0.717) is 12.4 Å². The number of guanidine groups is 1. The average Bonchev–Trinajstić information content (AvgIpc) is 2.71. The first-order valence-corrected chi connectivity index (χ1v) is 8.95. The number of nitrogens with zero attached hydrogens (tertiary/aromatic N) is 5. The maximum atomic E-state index is 12.2. The van der Waals surface area contributed by atoms with E-state index in [1.54, 1.807) is 31.1 Å². The molecular formula is C20H24N6O. The Labute approximate surface area is 159 Å². The zero-order chi connectivity index (χ0) is 19.1. The van der Waals surface area contributed by atoms with E-state index in [1.807, 2.05) is 35.2 Å². The maximum absolute atomic E-state index is 12.2. The van der Waals surface area contributed by atoms with Gasteiger partial charge in [-0.25, -0.2) is 4.98 Å². The number of hydrogen-bond acceptors (Lipinski definition) is 4. The van der Waals surface area contributed by atoms with Gasteiger partial charge in [0.25, 0.3) is 5.56 Å². The van der Waals surface area contributed by atoms with Crippen LogP contribution in [0.2, 0.25) is 0 Å². The van der Waals surface area contributed by atoms with Gasteiger partial charge in [-0.05, 0) is 12.1 Å². The van der Waals surface area contributed by atoms with Gasteiger partial charge >= 0.3 is 0 Å². The van der Waals surface area contributed by atoms with Crippen LogP contribution in [0, 0.1) is 11.8 Å². The molecule has 0 saturated carbocycles. The first-order chi connectivity index (χ1) is 13.2. The Kier molecular flexibility index (Phi) is 6.10. The second kappa shape index (κ2) is 8.90. The predicted molar refractivity (Wildman–Crippen MR) is 108 cm³/mol. The molecular weight excluding hydrogens is 340 g/mol. The molecule has 7 nitrogen and oxygen atoms in total. The quantitative estimate of drug-likeness (QED) is 0.478. The average molecular weight is 364 g/mol. The van der Waals surface area contributed by atoms with Crippen LogP contribution in [0.5, 0.6) is 0 Å². The lowest BCUT2D eigenvalue weighted by atomic mass is 10.2. The summed E-state index contributed by atoms with van der Waals surface area (Å²) in [6.07, 6.45) is 3.33. The van der Waals surface area contributed by atoms with E-state index in [4.69, 9.17) is 0 Å². The highest BCUT2D eigenvalue weighted by molar-refractivity contribution is 5.80. The van der Waals surface area contributed by atoms with Crippen LogP contribution >= 0.6 is 0 Å². The zero-order valence-electron chi connectivity index (χ0n) is 15.7. The molecule has 1 saturated heterocycles. The number of aryl methyl sites for hydroxylation is 1. The minimum absolute atomic E-state index is 0.0651. The summed E-state index contributed by atoms with van der Waals surface area (Å²) in [5.41, 5.74) is 0.935. The molecule has 2 aromatic rings. The van der Waals surface area contributed by atoms with Crippen molar-refractivity contribution in [2.45, 2.75) is 0 Å². The first-order valence-electron chi connectivity index (χ1n) is 8.95. The van der Waals surface area contributed by atoms with Crippen LogP contribution in [0.4, 0.5) is 5.82 Å². The second-order valence-corrected chi connectivity index (χ2v) is 6.21. The first kappa shape index (κ1) is 18.5. The molecule has 7 heteroatoms. The van der Waals surface area contributed by atoms with Gasteiger partial charge in [-0.2, -0.15) is 0 Å². The van der Waals surface area contributed by atoms with E-state index in [-0.39, 0.29) is 5.56 Å². The van der Waals surface area contributed by atoms with Crippen LogP contribution in [0.1, 0.15) is 5.56 Å². The third-order valence-electron chi connectivity index (χ3n) is 4.43. The van der Waals surface area contributed by atoms with Gasteiger partial charge in [-0.1, -0.05) is 30.0 Å². The zero-order valence-corrected chi connectivity index (χ0v) is 15.7. The smallest absolute Gasteiger partial charge is 0.293 e. The maximum Gasteiger partial charge on any atom is 0.293 e. The van der Waals surface area contributed by atoms with Crippen molar-refractivity contribution in [3.8, 4) is 11.8 Å². The number of benzene rings is 1. The number of aliphatic imine (C=N–C) groups is 1. The van der Waals surface area contributed by atoms with Crippen LogP contribution in [0.25, 0.3) is 0 Å². The van der Waals surface area contributed by atoms with Crippen molar-refractivity contribution in [1.82, 2.24) is 19.8 Å². The molecule has 1 aromatic heterocycles. The topological polar surface area (TPSA) is 65.8 Å². The standard InChI is InChI=1S/C20H24N6O/c1-21-20(23-10-6-9-17-7-4-3-5-8-17)26-15-13-25(14-16-26)18-19(27)24(2)12-11-22-18/h3-5,7-8,11-12H,10,13-16H2,1-2H3,(H,21,23). The number of hydrogen-bond donors (Lipinski definition) is 1. The van der Waals surface area contributed by atoms with Crippen molar-refractivity contribution in [3.63, 3.8) is 0 Å². The SMILES string of the molecule is CN=C(NCC#Cc1ccccc1)N1CCN(c2nccn(C)c2=O)CC1. The van der Waals surface area contributed by atoms with Crippen molar-refractivity contribution in [2.24, 2.45) is 12.0 Å². The van der Waals surface area contributed by atoms with E-state index in [9.17, 15) is 4.79 Å². The van der Waals surface area contributed by atoms with Crippen LogP contribution in [-0.2, 0) is 7.05 Å². The molecule has 0 aliphatic carbocycles. The summed E-state index contributed by atoms with van der Waals surface area (Å²) in [6.45, 7) is 3.52. The number of piperazine rings is 1. The van der Waals surface area contributed by atoms with Crippen LogP contribution in [0.15, 0.2) is 52.5 Å². The van der Waals surface area contributed by atoms with Crippen molar-refractivity contribution in [3.05, 3.63) is 58.6 Å². The van der Waals surface area contributed by atoms with Crippen LogP contribution < -0.4 is 15.8 Å². The van der Waals surface area contributed by atoms with Gasteiger partial charge in [0.15, 0.2) is 11.8 Å². The predicted octanol–water partition coefficient (Wildman–Crippen LogP) is 0.529. The third-order valence-corrected chi connectivity index (χ3v) is 4.43. The normalized spacial score (nSPS) is 14.5. The molecule has 2 heterocycles. The molecule has 1 N–H and O–H groups in total.